The molecule has 140 valence electrons. The fraction of sp³-hybridized carbons (Fsp3) is 0.300. The fourth-order valence-corrected chi connectivity index (χ4v) is 3.65. The predicted octanol–water partition coefficient (Wildman–Crippen LogP) is 3.05. The Hall–Kier alpha value is -2.73. The van der Waals surface area contributed by atoms with E-state index >= 15 is 0 Å². The summed E-state index contributed by atoms with van der Waals surface area (Å²) >= 11 is 5.99. The molecule has 0 aliphatic carbocycles. The molecule has 0 radical (unpaired) electrons. The maximum Gasteiger partial charge on any atom is 0.231 e. The van der Waals surface area contributed by atoms with E-state index in [1.54, 1.807) is 11.0 Å². The molecule has 2 aromatic carbocycles. The number of rotatable bonds is 4. The zero-order valence-corrected chi connectivity index (χ0v) is 15.6. The highest BCUT2D eigenvalue weighted by molar-refractivity contribution is 6.30. The third kappa shape index (κ3) is 3.57. The van der Waals surface area contributed by atoms with Crippen LogP contribution in [0.3, 0.4) is 0 Å². The highest BCUT2D eigenvalue weighted by Crippen LogP contribution is 2.33. The molecule has 2 amide bonds. The van der Waals surface area contributed by atoms with Crippen LogP contribution in [0.4, 0.5) is 5.69 Å². The number of nitrogens with zero attached hydrogens (tertiary/aromatic N) is 1. The molecule has 1 saturated heterocycles. The van der Waals surface area contributed by atoms with Gasteiger partial charge >= 0.3 is 0 Å². The second-order valence-electron chi connectivity index (χ2n) is 6.74. The van der Waals surface area contributed by atoms with Gasteiger partial charge in [0.25, 0.3) is 0 Å². The number of benzene rings is 2. The van der Waals surface area contributed by atoms with Crippen LogP contribution in [-0.2, 0) is 16.1 Å². The van der Waals surface area contributed by atoms with Crippen molar-refractivity contribution in [3.05, 3.63) is 52.5 Å². The maximum atomic E-state index is 12.5. The summed E-state index contributed by atoms with van der Waals surface area (Å²) < 4.78 is 10.6. The first-order chi connectivity index (χ1) is 13.0. The lowest BCUT2D eigenvalue weighted by molar-refractivity contribution is -0.126. The lowest BCUT2D eigenvalue weighted by Gasteiger charge is -2.19. The van der Waals surface area contributed by atoms with Crippen LogP contribution < -0.4 is 19.7 Å². The monoisotopic (exact) mass is 386 g/mol. The lowest BCUT2D eigenvalue weighted by Crippen LogP contribution is -2.32. The van der Waals surface area contributed by atoms with Gasteiger partial charge in [0.1, 0.15) is 0 Å². The third-order valence-electron chi connectivity index (χ3n) is 4.85. The molecular weight excluding hydrogens is 368 g/mol. The third-order valence-corrected chi connectivity index (χ3v) is 5.08. The minimum Gasteiger partial charge on any atom is -0.454 e. The average Bonchev–Trinajstić information content (AvgIpc) is 3.26. The number of amides is 2. The van der Waals surface area contributed by atoms with Crippen molar-refractivity contribution in [2.45, 2.75) is 19.9 Å². The highest BCUT2D eigenvalue weighted by atomic mass is 35.5. The summed E-state index contributed by atoms with van der Waals surface area (Å²) in [6.07, 6.45) is 0.203. The Bertz CT molecular complexity index is 915. The molecule has 2 aromatic rings. The van der Waals surface area contributed by atoms with E-state index in [1.165, 1.54) is 0 Å². The number of anilines is 1. The van der Waals surface area contributed by atoms with Crippen molar-refractivity contribution in [3.63, 3.8) is 0 Å². The maximum absolute atomic E-state index is 12.5. The van der Waals surface area contributed by atoms with Crippen LogP contribution in [0, 0.1) is 12.8 Å². The van der Waals surface area contributed by atoms with Crippen molar-refractivity contribution in [1.29, 1.82) is 0 Å². The second-order valence-corrected chi connectivity index (χ2v) is 7.18. The minimum atomic E-state index is -0.374. The van der Waals surface area contributed by atoms with Crippen molar-refractivity contribution in [2.75, 3.05) is 18.2 Å². The Morgan fingerprint density at radius 2 is 2.04 bits per heavy atom. The zero-order valence-electron chi connectivity index (χ0n) is 14.8. The number of carbonyl (C=O) groups excluding carboxylic acids is 2. The number of hydrogen-bond acceptors (Lipinski definition) is 4. The number of nitrogens with one attached hydrogen (secondary N) is 1. The first kappa shape index (κ1) is 17.7. The number of aryl methyl sites for hydroxylation is 1. The van der Waals surface area contributed by atoms with Gasteiger partial charge in [-0.05, 0) is 48.4 Å². The average molecular weight is 387 g/mol. The fourth-order valence-electron chi connectivity index (χ4n) is 3.42. The van der Waals surface area contributed by atoms with E-state index in [1.807, 2.05) is 37.3 Å². The lowest BCUT2D eigenvalue weighted by atomic mass is 10.1. The van der Waals surface area contributed by atoms with Gasteiger partial charge in [0, 0.05) is 30.2 Å². The molecule has 0 aromatic heterocycles. The summed E-state index contributed by atoms with van der Waals surface area (Å²) in [6.45, 7) is 2.87. The summed E-state index contributed by atoms with van der Waals surface area (Å²) in [7, 11) is 0. The molecule has 2 aliphatic rings. The summed E-state index contributed by atoms with van der Waals surface area (Å²) in [4.78, 5) is 26.6. The van der Waals surface area contributed by atoms with Crippen LogP contribution in [0.5, 0.6) is 11.5 Å². The summed E-state index contributed by atoms with van der Waals surface area (Å²) in [5, 5.41) is 3.54. The molecule has 2 heterocycles. The van der Waals surface area contributed by atoms with E-state index in [-0.39, 0.29) is 30.9 Å². The molecule has 7 heteroatoms. The quantitative estimate of drug-likeness (QED) is 0.877. The SMILES string of the molecule is Cc1cc(Cl)ccc1N1CC(C(=O)NCc2ccc3c(c2)OCO3)CC1=O. The van der Waals surface area contributed by atoms with E-state index in [2.05, 4.69) is 5.32 Å². The van der Waals surface area contributed by atoms with Gasteiger partial charge in [-0.3, -0.25) is 9.59 Å². The number of halogens is 1. The van der Waals surface area contributed by atoms with Gasteiger partial charge in [0.2, 0.25) is 18.6 Å². The Kier molecular flexibility index (Phi) is 4.66. The van der Waals surface area contributed by atoms with Gasteiger partial charge in [-0.15, -0.1) is 0 Å². The second kappa shape index (κ2) is 7.12. The predicted molar refractivity (Wildman–Crippen MR) is 101 cm³/mol. The zero-order chi connectivity index (χ0) is 19.0. The van der Waals surface area contributed by atoms with Crippen molar-refractivity contribution in [3.8, 4) is 11.5 Å². The van der Waals surface area contributed by atoms with Crippen molar-refractivity contribution >= 4 is 29.1 Å². The smallest absolute Gasteiger partial charge is 0.231 e. The van der Waals surface area contributed by atoms with Crippen LogP contribution >= 0.6 is 11.6 Å². The van der Waals surface area contributed by atoms with Gasteiger partial charge < -0.3 is 19.7 Å². The van der Waals surface area contributed by atoms with Crippen LogP contribution in [0.25, 0.3) is 0 Å². The molecule has 0 saturated carbocycles. The van der Waals surface area contributed by atoms with E-state index < -0.39 is 0 Å². The number of carbonyl (C=O) groups is 2. The Morgan fingerprint density at radius 3 is 2.85 bits per heavy atom. The van der Waals surface area contributed by atoms with E-state index in [0.717, 1.165) is 16.8 Å². The number of ether oxygens (including phenoxy) is 2. The molecular formula is C20H19ClN2O4. The van der Waals surface area contributed by atoms with Gasteiger partial charge in [-0.1, -0.05) is 17.7 Å². The summed E-state index contributed by atoms with van der Waals surface area (Å²) in [5.41, 5.74) is 2.63. The molecule has 4 rings (SSSR count). The van der Waals surface area contributed by atoms with E-state index in [0.29, 0.717) is 29.6 Å². The van der Waals surface area contributed by atoms with Crippen LogP contribution in [0.2, 0.25) is 5.02 Å². The molecule has 2 aliphatic heterocycles. The molecule has 27 heavy (non-hydrogen) atoms. The van der Waals surface area contributed by atoms with Crippen molar-refractivity contribution < 1.29 is 19.1 Å². The summed E-state index contributed by atoms with van der Waals surface area (Å²) in [6, 6.07) is 11.0. The van der Waals surface area contributed by atoms with Gasteiger partial charge in [-0.2, -0.15) is 0 Å². The standard InChI is InChI=1S/C20H19ClN2O4/c1-12-6-15(21)3-4-16(12)23-10-14(8-19(23)24)20(25)22-9-13-2-5-17-18(7-13)27-11-26-17/h2-7,14H,8-11H2,1H3,(H,22,25). The van der Waals surface area contributed by atoms with Gasteiger partial charge in [-0.25, -0.2) is 0 Å². The minimum absolute atomic E-state index is 0.0522. The van der Waals surface area contributed by atoms with Gasteiger partial charge in [0.15, 0.2) is 11.5 Å². The number of fused-ring (bicyclic) bond motifs is 1. The molecule has 6 nitrogen and oxygen atoms in total. The normalized spacial score (nSPS) is 18.1. The van der Waals surface area contributed by atoms with E-state index in [9.17, 15) is 9.59 Å². The molecule has 0 bridgehead atoms. The van der Waals surface area contributed by atoms with Crippen molar-refractivity contribution in [2.24, 2.45) is 5.92 Å². The Balaban J connectivity index is 1.39. The summed E-state index contributed by atoms with van der Waals surface area (Å²) in [5.74, 6) is 0.836. The highest BCUT2D eigenvalue weighted by Gasteiger charge is 2.35. The molecule has 0 spiro atoms. The number of hydrogen-bond donors (Lipinski definition) is 1. The Labute approximate surface area is 162 Å². The Morgan fingerprint density at radius 1 is 1.22 bits per heavy atom. The molecule has 1 fully saturated rings. The topological polar surface area (TPSA) is 67.9 Å². The molecule has 1 N–H and O–H groups in total. The van der Waals surface area contributed by atoms with Crippen LogP contribution in [0.15, 0.2) is 36.4 Å². The van der Waals surface area contributed by atoms with Crippen LogP contribution in [0.1, 0.15) is 17.5 Å². The molecule has 1 unspecified atom stereocenters. The van der Waals surface area contributed by atoms with Gasteiger partial charge in [0.05, 0.1) is 5.92 Å². The van der Waals surface area contributed by atoms with Crippen LogP contribution in [-0.4, -0.2) is 25.2 Å². The first-order valence-electron chi connectivity index (χ1n) is 8.74. The molecule has 1 atom stereocenters. The van der Waals surface area contributed by atoms with E-state index in [4.69, 9.17) is 21.1 Å². The van der Waals surface area contributed by atoms with Crippen molar-refractivity contribution in [1.82, 2.24) is 5.32 Å². The largest absolute Gasteiger partial charge is 0.454 e. The first-order valence-corrected chi connectivity index (χ1v) is 9.12.